The number of nitrogens with one attached hydrogen (secondary N) is 1. The maximum Gasteiger partial charge on any atom is 0.0734 e. The van der Waals surface area contributed by atoms with E-state index in [1.807, 2.05) is 12.3 Å². The van der Waals surface area contributed by atoms with Crippen LogP contribution in [0, 0.1) is 0 Å². The molecule has 2 heterocycles. The molecule has 1 aliphatic rings. The molecule has 1 fully saturated rings. The standard InChI is InChI=1S/C16H20N2OS/c19-20-11-7-15(8-12-20)17-10-6-14-4-1-3-13-5-2-9-18-16(13)14/h1-5,9,15,17H,6-8,10-12H2. The second kappa shape index (κ2) is 6.46. The van der Waals surface area contributed by atoms with Gasteiger partial charge in [-0.2, -0.15) is 0 Å². The van der Waals surface area contributed by atoms with Crippen LogP contribution in [0.5, 0.6) is 0 Å². The highest BCUT2D eigenvalue weighted by Gasteiger charge is 2.16. The summed E-state index contributed by atoms with van der Waals surface area (Å²) in [7, 11) is -0.571. The van der Waals surface area contributed by atoms with Crippen LogP contribution < -0.4 is 5.32 Å². The van der Waals surface area contributed by atoms with Crippen molar-refractivity contribution in [1.82, 2.24) is 10.3 Å². The zero-order chi connectivity index (χ0) is 13.8. The van der Waals surface area contributed by atoms with Crippen LogP contribution in [0.3, 0.4) is 0 Å². The highest BCUT2D eigenvalue weighted by Crippen LogP contribution is 2.16. The van der Waals surface area contributed by atoms with E-state index >= 15 is 0 Å². The average Bonchev–Trinajstić information content (AvgIpc) is 2.49. The molecule has 2 aromatic rings. The molecule has 0 aliphatic carbocycles. The van der Waals surface area contributed by atoms with E-state index < -0.39 is 10.8 Å². The van der Waals surface area contributed by atoms with Crippen LogP contribution in [0.2, 0.25) is 0 Å². The molecule has 4 heteroatoms. The highest BCUT2D eigenvalue weighted by atomic mass is 32.2. The molecule has 0 bridgehead atoms. The second-order valence-corrected chi connectivity index (χ2v) is 7.01. The van der Waals surface area contributed by atoms with Crippen LogP contribution in [-0.2, 0) is 17.2 Å². The van der Waals surface area contributed by atoms with Crippen molar-refractivity contribution < 1.29 is 4.21 Å². The topological polar surface area (TPSA) is 42.0 Å². The Hall–Kier alpha value is -1.26. The third-order valence-electron chi connectivity index (χ3n) is 3.93. The molecule has 1 aliphatic heterocycles. The van der Waals surface area contributed by atoms with E-state index in [2.05, 4.69) is 34.6 Å². The fourth-order valence-corrected chi connectivity index (χ4v) is 4.08. The molecule has 20 heavy (non-hydrogen) atoms. The number of rotatable bonds is 4. The third kappa shape index (κ3) is 3.25. The van der Waals surface area contributed by atoms with Crippen molar-refractivity contribution in [3.63, 3.8) is 0 Å². The highest BCUT2D eigenvalue weighted by molar-refractivity contribution is 7.85. The zero-order valence-electron chi connectivity index (χ0n) is 11.5. The van der Waals surface area contributed by atoms with Gasteiger partial charge in [0.2, 0.25) is 0 Å². The minimum absolute atomic E-state index is 0.538. The Morgan fingerprint density at radius 1 is 1.20 bits per heavy atom. The predicted octanol–water partition coefficient (Wildman–Crippen LogP) is 2.28. The minimum atomic E-state index is -0.571. The Morgan fingerprint density at radius 3 is 2.85 bits per heavy atom. The SMILES string of the molecule is O=S1CCC(NCCc2cccc3cccnc23)CC1. The fourth-order valence-electron chi connectivity index (χ4n) is 2.78. The quantitative estimate of drug-likeness (QED) is 0.938. The summed E-state index contributed by atoms with van der Waals surface area (Å²) in [5.41, 5.74) is 2.41. The Balaban J connectivity index is 1.59. The van der Waals surface area contributed by atoms with Crippen molar-refractivity contribution in [1.29, 1.82) is 0 Å². The summed E-state index contributed by atoms with van der Waals surface area (Å²) < 4.78 is 11.3. The number of hydrogen-bond donors (Lipinski definition) is 1. The van der Waals surface area contributed by atoms with Gasteiger partial charge in [-0.05, 0) is 37.4 Å². The molecule has 0 spiro atoms. The maximum atomic E-state index is 11.3. The summed E-state index contributed by atoms with van der Waals surface area (Å²) in [5, 5.41) is 4.80. The molecule has 3 nitrogen and oxygen atoms in total. The first-order valence-corrected chi connectivity index (χ1v) is 8.73. The van der Waals surface area contributed by atoms with Crippen molar-refractivity contribution in [2.24, 2.45) is 0 Å². The molecule has 3 rings (SSSR count). The van der Waals surface area contributed by atoms with Gasteiger partial charge in [-0.3, -0.25) is 9.19 Å². The van der Waals surface area contributed by atoms with E-state index in [0.29, 0.717) is 6.04 Å². The van der Waals surface area contributed by atoms with Crippen molar-refractivity contribution >= 4 is 21.7 Å². The number of para-hydroxylation sites is 1. The van der Waals surface area contributed by atoms with Gasteiger partial charge in [0.05, 0.1) is 5.52 Å². The normalized spacial score (nSPS) is 23.0. The lowest BCUT2D eigenvalue weighted by Crippen LogP contribution is -2.36. The average molecular weight is 288 g/mol. The largest absolute Gasteiger partial charge is 0.314 e. The first-order valence-electron chi connectivity index (χ1n) is 7.24. The molecule has 0 saturated carbocycles. The molecule has 1 aromatic carbocycles. The Bertz CT molecular complexity index is 599. The first kappa shape index (κ1) is 13.7. The Kier molecular flexibility index (Phi) is 4.43. The van der Waals surface area contributed by atoms with Crippen molar-refractivity contribution in [3.8, 4) is 0 Å². The van der Waals surface area contributed by atoms with E-state index in [0.717, 1.165) is 42.8 Å². The van der Waals surface area contributed by atoms with Crippen LogP contribution in [0.15, 0.2) is 36.5 Å². The lowest BCUT2D eigenvalue weighted by Gasteiger charge is -2.22. The zero-order valence-corrected chi connectivity index (χ0v) is 12.4. The molecule has 0 atom stereocenters. The number of fused-ring (bicyclic) bond motifs is 1. The minimum Gasteiger partial charge on any atom is -0.314 e. The summed E-state index contributed by atoms with van der Waals surface area (Å²) in [4.78, 5) is 4.49. The van der Waals surface area contributed by atoms with Crippen molar-refractivity contribution in [3.05, 3.63) is 42.1 Å². The summed E-state index contributed by atoms with van der Waals surface area (Å²) in [6.45, 7) is 0.965. The number of benzene rings is 1. The van der Waals surface area contributed by atoms with Gasteiger partial charge >= 0.3 is 0 Å². The van der Waals surface area contributed by atoms with E-state index in [4.69, 9.17) is 0 Å². The lowest BCUT2D eigenvalue weighted by molar-refractivity contribution is 0.479. The van der Waals surface area contributed by atoms with E-state index in [-0.39, 0.29) is 0 Å². The van der Waals surface area contributed by atoms with Gasteiger partial charge in [0.15, 0.2) is 0 Å². The molecule has 1 N–H and O–H groups in total. The number of pyridine rings is 1. The number of hydrogen-bond acceptors (Lipinski definition) is 3. The molecule has 1 saturated heterocycles. The summed E-state index contributed by atoms with van der Waals surface area (Å²) in [6.07, 6.45) is 4.93. The molecular formula is C16H20N2OS. The first-order chi connectivity index (χ1) is 9.83. The molecule has 0 radical (unpaired) electrons. The van der Waals surface area contributed by atoms with E-state index in [1.54, 1.807) is 0 Å². The van der Waals surface area contributed by atoms with Gasteiger partial charge in [-0.25, -0.2) is 0 Å². The van der Waals surface area contributed by atoms with E-state index in [9.17, 15) is 4.21 Å². The molecule has 0 amide bonds. The van der Waals surface area contributed by atoms with Crippen LogP contribution in [0.1, 0.15) is 18.4 Å². The molecule has 1 aromatic heterocycles. The van der Waals surface area contributed by atoms with Crippen LogP contribution >= 0.6 is 0 Å². The van der Waals surface area contributed by atoms with Gasteiger partial charge in [0, 0.05) is 39.9 Å². The van der Waals surface area contributed by atoms with Gasteiger partial charge in [-0.1, -0.05) is 24.3 Å². The predicted molar refractivity (Wildman–Crippen MR) is 84.3 cm³/mol. The summed E-state index contributed by atoms with van der Waals surface area (Å²) in [6, 6.07) is 11.0. The van der Waals surface area contributed by atoms with Crippen LogP contribution in [0.4, 0.5) is 0 Å². The maximum absolute atomic E-state index is 11.3. The van der Waals surface area contributed by atoms with Gasteiger partial charge in [0.25, 0.3) is 0 Å². The molecular weight excluding hydrogens is 268 g/mol. The van der Waals surface area contributed by atoms with Crippen molar-refractivity contribution in [2.75, 3.05) is 18.1 Å². The monoisotopic (exact) mass is 288 g/mol. The van der Waals surface area contributed by atoms with Crippen LogP contribution in [-0.4, -0.2) is 33.3 Å². The summed E-state index contributed by atoms with van der Waals surface area (Å²) >= 11 is 0. The number of nitrogens with zero attached hydrogens (tertiary/aromatic N) is 1. The van der Waals surface area contributed by atoms with Crippen molar-refractivity contribution in [2.45, 2.75) is 25.3 Å². The Morgan fingerprint density at radius 2 is 2.00 bits per heavy atom. The van der Waals surface area contributed by atoms with Gasteiger partial charge in [0.1, 0.15) is 0 Å². The van der Waals surface area contributed by atoms with Crippen LogP contribution in [0.25, 0.3) is 10.9 Å². The van der Waals surface area contributed by atoms with Gasteiger partial charge in [-0.15, -0.1) is 0 Å². The lowest BCUT2D eigenvalue weighted by atomic mass is 10.1. The molecule has 106 valence electrons. The van der Waals surface area contributed by atoms with Gasteiger partial charge < -0.3 is 5.32 Å². The molecule has 0 unspecified atom stereocenters. The third-order valence-corrected chi connectivity index (χ3v) is 5.31. The fraction of sp³-hybridized carbons (Fsp3) is 0.438. The summed E-state index contributed by atoms with van der Waals surface area (Å²) in [5.74, 6) is 1.71. The smallest absolute Gasteiger partial charge is 0.0734 e. The number of aromatic nitrogens is 1. The Labute approximate surface area is 122 Å². The second-order valence-electron chi connectivity index (χ2n) is 5.32. The van der Waals surface area contributed by atoms with E-state index in [1.165, 1.54) is 10.9 Å².